The minimum absolute atomic E-state index is 0.00861. The molecule has 2 aliphatic rings. The van der Waals surface area contributed by atoms with Crippen LogP contribution in [0.5, 0.6) is 0 Å². The van der Waals surface area contributed by atoms with E-state index in [1.54, 1.807) is 0 Å². The Morgan fingerprint density at radius 1 is 1.35 bits per heavy atom. The molecule has 0 bridgehead atoms. The topological polar surface area (TPSA) is 67.5 Å². The average molecular weight is 279 g/mol. The van der Waals surface area contributed by atoms with Crippen LogP contribution in [-0.4, -0.2) is 53.4 Å². The van der Waals surface area contributed by atoms with Crippen LogP contribution < -0.4 is 0 Å². The zero-order valence-electron chi connectivity index (χ0n) is 12.0. The summed E-state index contributed by atoms with van der Waals surface area (Å²) in [5.41, 5.74) is 2.52. The van der Waals surface area contributed by atoms with Gasteiger partial charge in [0.25, 0.3) is 5.91 Å². The molecule has 1 saturated heterocycles. The van der Waals surface area contributed by atoms with Crippen molar-refractivity contribution in [1.29, 1.82) is 0 Å². The van der Waals surface area contributed by atoms with Gasteiger partial charge in [-0.25, -0.2) is 0 Å². The lowest BCUT2D eigenvalue weighted by Gasteiger charge is -2.26. The molecule has 110 valence electrons. The first kappa shape index (κ1) is 13.6. The normalized spacial score (nSPS) is 27.0. The maximum absolute atomic E-state index is 12.6. The van der Waals surface area contributed by atoms with Gasteiger partial charge in [0.15, 0.2) is 5.69 Å². The molecule has 3 rings (SSSR count). The van der Waals surface area contributed by atoms with Gasteiger partial charge in [0.2, 0.25) is 0 Å². The van der Waals surface area contributed by atoms with E-state index in [0.717, 1.165) is 37.3 Å². The van der Waals surface area contributed by atoms with Gasteiger partial charge in [-0.05, 0) is 20.3 Å². The van der Waals surface area contributed by atoms with Crippen LogP contribution in [0.25, 0.3) is 0 Å². The summed E-state index contributed by atoms with van der Waals surface area (Å²) in [6, 6.07) is 0. The minimum atomic E-state index is -0.0322. The SMILES string of the molecule is C[C@@H]1Cc2c(C(=O)N3CCCOCC3)n[nH]c2[C@H](C)O1. The molecule has 0 unspecified atom stereocenters. The van der Waals surface area contributed by atoms with Crippen LogP contribution in [-0.2, 0) is 15.9 Å². The number of H-pyrrole nitrogens is 1. The van der Waals surface area contributed by atoms with Crippen LogP contribution >= 0.6 is 0 Å². The number of hydrogen-bond acceptors (Lipinski definition) is 4. The molecule has 0 saturated carbocycles. The van der Waals surface area contributed by atoms with Gasteiger partial charge in [-0.15, -0.1) is 0 Å². The number of rotatable bonds is 1. The number of ether oxygens (including phenoxy) is 2. The van der Waals surface area contributed by atoms with Crippen LogP contribution in [0.15, 0.2) is 0 Å². The Labute approximate surface area is 118 Å². The Bertz CT molecular complexity index is 492. The molecule has 1 amide bonds. The highest BCUT2D eigenvalue weighted by atomic mass is 16.5. The van der Waals surface area contributed by atoms with Gasteiger partial charge in [0, 0.05) is 31.7 Å². The smallest absolute Gasteiger partial charge is 0.274 e. The summed E-state index contributed by atoms with van der Waals surface area (Å²) in [7, 11) is 0. The van der Waals surface area contributed by atoms with Crippen molar-refractivity contribution in [2.75, 3.05) is 26.3 Å². The fourth-order valence-corrected chi connectivity index (χ4v) is 2.95. The molecule has 0 aromatic carbocycles. The highest BCUT2D eigenvalue weighted by Crippen LogP contribution is 2.30. The summed E-state index contributed by atoms with van der Waals surface area (Å²) < 4.78 is 11.2. The third kappa shape index (κ3) is 2.45. The Balaban J connectivity index is 1.85. The summed E-state index contributed by atoms with van der Waals surface area (Å²) >= 11 is 0. The molecule has 1 fully saturated rings. The molecule has 0 aliphatic carbocycles. The van der Waals surface area contributed by atoms with Crippen molar-refractivity contribution in [3.8, 4) is 0 Å². The fourth-order valence-electron chi connectivity index (χ4n) is 2.95. The molecule has 1 aromatic rings. The Hall–Kier alpha value is -1.40. The second-order valence-corrected chi connectivity index (χ2v) is 5.52. The third-order valence-corrected chi connectivity index (χ3v) is 3.95. The highest BCUT2D eigenvalue weighted by Gasteiger charge is 2.31. The monoisotopic (exact) mass is 279 g/mol. The first-order valence-corrected chi connectivity index (χ1v) is 7.26. The number of amides is 1. The van der Waals surface area contributed by atoms with Crippen molar-refractivity contribution in [2.24, 2.45) is 0 Å². The van der Waals surface area contributed by atoms with Crippen molar-refractivity contribution in [3.05, 3.63) is 17.0 Å². The molecule has 3 heterocycles. The lowest BCUT2D eigenvalue weighted by molar-refractivity contribution is -0.00702. The van der Waals surface area contributed by atoms with Gasteiger partial charge in [0.05, 0.1) is 24.5 Å². The maximum Gasteiger partial charge on any atom is 0.274 e. The molecule has 0 radical (unpaired) electrons. The number of carbonyl (C=O) groups excluding carboxylic acids is 1. The van der Waals surface area contributed by atoms with Gasteiger partial charge in [0.1, 0.15) is 0 Å². The van der Waals surface area contributed by atoms with E-state index < -0.39 is 0 Å². The van der Waals surface area contributed by atoms with Crippen LogP contribution in [0.3, 0.4) is 0 Å². The average Bonchev–Trinajstić information content (AvgIpc) is 2.66. The van der Waals surface area contributed by atoms with E-state index in [9.17, 15) is 4.79 Å². The van der Waals surface area contributed by atoms with Crippen LogP contribution in [0.1, 0.15) is 48.1 Å². The van der Waals surface area contributed by atoms with Gasteiger partial charge in [-0.1, -0.05) is 0 Å². The van der Waals surface area contributed by atoms with Crippen LogP contribution in [0.2, 0.25) is 0 Å². The summed E-state index contributed by atoms with van der Waals surface area (Å²) in [4.78, 5) is 14.5. The molecule has 6 heteroatoms. The Morgan fingerprint density at radius 3 is 3.05 bits per heavy atom. The van der Waals surface area contributed by atoms with Gasteiger partial charge < -0.3 is 14.4 Å². The predicted molar refractivity (Wildman–Crippen MR) is 72.6 cm³/mol. The Kier molecular flexibility index (Phi) is 3.76. The molecule has 2 atom stereocenters. The van der Waals surface area contributed by atoms with E-state index in [0.29, 0.717) is 18.8 Å². The molecular weight excluding hydrogens is 258 g/mol. The third-order valence-electron chi connectivity index (χ3n) is 3.95. The largest absolute Gasteiger partial charge is 0.380 e. The summed E-state index contributed by atoms with van der Waals surface area (Å²) in [5.74, 6) is 0.00861. The molecule has 1 aromatic heterocycles. The number of nitrogens with one attached hydrogen (secondary N) is 1. The molecule has 6 nitrogen and oxygen atoms in total. The molecule has 0 spiro atoms. The number of aromatic nitrogens is 2. The fraction of sp³-hybridized carbons (Fsp3) is 0.714. The van der Waals surface area contributed by atoms with Crippen molar-refractivity contribution in [1.82, 2.24) is 15.1 Å². The van der Waals surface area contributed by atoms with Crippen molar-refractivity contribution in [3.63, 3.8) is 0 Å². The molecule has 1 N–H and O–H groups in total. The van der Waals surface area contributed by atoms with E-state index in [1.165, 1.54) is 0 Å². The zero-order chi connectivity index (χ0) is 14.1. The minimum Gasteiger partial charge on any atom is -0.380 e. The number of fused-ring (bicyclic) bond motifs is 1. The summed E-state index contributed by atoms with van der Waals surface area (Å²) in [5, 5.41) is 7.23. The summed E-state index contributed by atoms with van der Waals surface area (Å²) in [6.07, 6.45) is 1.71. The molecular formula is C14H21N3O3. The lowest BCUT2D eigenvalue weighted by Crippen LogP contribution is -2.34. The van der Waals surface area contributed by atoms with Crippen molar-refractivity contribution in [2.45, 2.75) is 38.9 Å². The number of aromatic amines is 1. The van der Waals surface area contributed by atoms with E-state index in [2.05, 4.69) is 10.2 Å². The van der Waals surface area contributed by atoms with Crippen molar-refractivity contribution >= 4 is 5.91 Å². The molecule has 20 heavy (non-hydrogen) atoms. The number of hydrogen-bond donors (Lipinski definition) is 1. The van der Waals surface area contributed by atoms with E-state index in [-0.39, 0.29) is 18.1 Å². The van der Waals surface area contributed by atoms with Gasteiger partial charge >= 0.3 is 0 Å². The summed E-state index contributed by atoms with van der Waals surface area (Å²) in [6.45, 7) is 6.73. The standard InChI is InChI=1S/C14H21N3O3/c1-9-8-11-12(10(2)20-9)15-16-13(11)14(18)17-4-3-6-19-7-5-17/h9-10H,3-8H2,1-2H3,(H,15,16)/t9-,10+/m1/s1. The maximum atomic E-state index is 12.6. The number of carbonyl (C=O) groups is 1. The number of nitrogens with zero attached hydrogens (tertiary/aromatic N) is 2. The van der Waals surface area contributed by atoms with E-state index >= 15 is 0 Å². The first-order valence-electron chi connectivity index (χ1n) is 7.26. The second kappa shape index (κ2) is 5.54. The first-order chi connectivity index (χ1) is 9.66. The predicted octanol–water partition coefficient (Wildman–Crippen LogP) is 1.29. The Morgan fingerprint density at radius 2 is 2.20 bits per heavy atom. The highest BCUT2D eigenvalue weighted by molar-refractivity contribution is 5.94. The van der Waals surface area contributed by atoms with E-state index in [4.69, 9.17) is 9.47 Å². The van der Waals surface area contributed by atoms with Gasteiger partial charge in [-0.3, -0.25) is 9.89 Å². The van der Waals surface area contributed by atoms with Crippen molar-refractivity contribution < 1.29 is 14.3 Å². The zero-order valence-corrected chi connectivity index (χ0v) is 12.0. The molecule has 2 aliphatic heterocycles. The van der Waals surface area contributed by atoms with E-state index in [1.807, 2.05) is 18.7 Å². The quantitative estimate of drug-likeness (QED) is 0.841. The van der Waals surface area contributed by atoms with Crippen LogP contribution in [0, 0.1) is 0 Å². The van der Waals surface area contributed by atoms with Crippen LogP contribution in [0.4, 0.5) is 0 Å². The second-order valence-electron chi connectivity index (χ2n) is 5.52. The lowest BCUT2D eigenvalue weighted by atomic mass is 9.99. The van der Waals surface area contributed by atoms with Gasteiger partial charge in [-0.2, -0.15) is 5.10 Å².